The number of benzene rings is 1. The number of anilines is 1. The van der Waals surface area contributed by atoms with Crippen molar-refractivity contribution < 1.29 is 9.59 Å². The standard InChI is InChI=1S/C16H17N5O.C3H9N.CH2O/c1-3-20(2)16(22)12-9-13(17)15-18-14(19-21(15)10-12)11-7-5-4-6-8-11;1-4(2)3;1-2/h4-10H,3,17H2,1-2H3;1-3H3;1H2. The van der Waals surface area contributed by atoms with Crippen LogP contribution >= 0.6 is 0 Å². The highest BCUT2D eigenvalue weighted by molar-refractivity contribution is 5.95. The highest BCUT2D eigenvalue weighted by atomic mass is 16.2. The molecule has 28 heavy (non-hydrogen) atoms. The average molecular weight is 384 g/mol. The molecule has 0 unspecified atom stereocenters. The fourth-order valence-corrected chi connectivity index (χ4v) is 2.20. The Hall–Kier alpha value is -3.26. The number of carbonyl (C=O) groups excluding carboxylic acids is 2. The van der Waals surface area contributed by atoms with Gasteiger partial charge in [0.25, 0.3) is 5.91 Å². The third-order valence-corrected chi connectivity index (χ3v) is 3.56. The van der Waals surface area contributed by atoms with E-state index in [2.05, 4.69) is 10.1 Å². The molecule has 0 saturated heterocycles. The molecule has 1 aromatic carbocycles. The van der Waals surface area contributed by atoms with E-state index in [0.29, 0.717) is 29.3 Å². The molecule has 0 aliphatic rings. The van der Waals surface area contributed by atoms with Crippen molar-refractivity contribution in [3.8, 4) is 11.4 Å². The van der Waals surface area contributed by atoms with Gasteiger partial charge in [-0.15, -0.1) is 5.10 Å². The fraction of sp³-hybridized carbons (Fsp3) is 0.300. The van der Waals surface area contributed by atoms with Crippen molar-refractivity contribution in [2.75, 3.05) is 40.5 Å². The number of fused-ring (bicyclic) bond motifs is 1. The van der Waals surface area contributed by atoms with Crippen LogP contribution < -0.4 is 5.73 Å². The molecule has 0 radical (unpaired) electrons. The molecule has 0 aliphatic carbocycles. The van der Waals surface area contributed by atoms with Crippen LogP contribution in [0.1, 0.15) is 17.3 Å². The van der Waals surface area contributed by atoms with Gasteiger partial charge in [0.1, 0.15) is 6.79 Å². The number of nitrogen functional groups attached to an aromatic ring is 1. The molecular formula is C20H28N6O2. The second-order valence-corrected chi connectivity index (χ2v) is 6.41. The zero-order valence-electron chi connectivity index (χ0n) is 17.1. The molecule has 2 aromatic heterocycles. The lowest BCUT2D eigenvalue weighted by atomic mass is 10.2. The highest BCUT2D eigenvalue weighted by Crippen LogP contribution is 2.20. The number of nitrogens with zero attached hydrogens (tertiary/aromatic N) is 5. The molecule has 0 saturated carbocycles. The Kier molecular flexibility index (Phi) is 8.77. The normalized spacial score (nSPS) is 9.93. The van der Waals surface area contributed by atoms with Crippen LogP contribution in [0.3, 0.4) is 0 Å². The summed E-state index contributed by atoms with van der Waals surface area (Å²) >= 11 is 0. The van der Waals surface area contributed by atoms with Gasteiger partial charge in [-0.25, -0.2) is 9.50 Å². The van der Waals surface area contributed by atoms with Crippen molar-refractivity contribution in [3.63, 3.8) is 0 Å². The fourth-order valence-electron chi connectivity index (χ4n) is 2.20. The van der Waals surface area contributed by atoms with Gasteiger partial charge in [-0.2, -0.15) is 0 Å². The minimum absolute atomic E-state index is 0.0899. The smallest absolute Gasteiger partial charge is 0.255 e. The van der Waals surface area contributed by atoms with E-state index in [0.717, 1.165) is 5.56 Å². The van der Waals surface area contributed by atoms with Gasteiger partial charge in [-0.3, -0.25) is 4.79 Å². The summed E-state index contributed by atoms with van der Waals surface area (Å²) in [6.45, 7) is 4.55. The Morgan fingerprint density at radius 1 is 1.14 bits per heavy atom. The monoisotopic (exact) mass is 384 g/mol. The summed E-state index contributed by atoms with van der Waals surface area (Å²) in [6, 6.07) is 11.3. The van der Waals surface area contributed by atoms with Gasteiger partial charge in [-0.1, -0.05) is 30.3 Å². The zero-order chi connectivity index (χ0) is 21.3. The van der Waals surface area contributed by atoms with Crippen molar-refractivity contribution >= 4 is 24.0 Å². The number of amides is 1. The first kappa shape index (κ1) is 22.8. The number of aromatic nitrogens is 3. The lowest BCUT2D eigenvalue weighted by Crippen LogP contribution is -2.26. The average Bonchev–Trinajstić information content (AvgIpc) is 3.13. The van der Waals surface area contributed by atoms with Crippen molar-refractivity contribution in [2.24, 2.45) is 0 Å². The molecule has 3 aromatic rings. The van der Waals surface area contributed by atoms with Crippen molar-refractivity contribution in [1.82, 2.24) is 24.4 Å². The maximum atomic E-state index is 12.3. The molecule has 0 bridgehead atoms. The van der Waals surface area contributed by atoms with Crippen molar-refractivity contribution in [1.29, 1.82) is 0 Å². The number of nitrogens with two attached hydrogens (primary N) is 1. The lowest BCUT2D eigenvalue weighted by molar-refractivity contribution is -0.0980. The summed E-state index contributed by atoms with van der Waals surface area (Å²) in [7, 11) is 7.75. The Morgan fingerprint density at radius 2 is 1.71 bits per heavy atom. The second-order valence-electron chi connectivity index (χ2n) is 6.41. The van der Waals surface area contributed by atoms with Gasteiger partial charge in [0.05, 0.1) is 11.3 Å². The van der Waals surface area contributed by atoms with E-state index in [9.17, 15) is 4.79 Å². The molecule has 3 rings (SSSR count). The van der Waals surface area contributed by atoms with E-state index in [4.69, 9.17) is 10.5 Å². The summed E-state index contributed by atoms with van der Waals surface area (Å²) in [6.07, 6.45) is 1.67. The summed E-state index contributed by atoms with van der Waals surface area (Å²) in [5.41, 5.74) is 8.43. The number of pyridine rings is 1. The van der Waals surface area contributed by atoms with E-state index in [1.54, 1.807) is 28.7 Å². The number of carbonyl (C=O) groups is 2. The van der Waals surface area contributed by atoms with Gasteiger partial charge < -0.3 is 20.3 Å². The highest BCUT2D eigenvalue weighted by Gasteiger charge is 2.15. The third-order valence-electron chi connectivity index (χ3n) is 3.56. The van der Waals surface area contributed by atoms with Crippen molar-refractivity contribution in [3.05, 3.63) is 48.2 Å². The molecule has 150 valence electrons. The Bertz CT molecular complexity index is 890. The summed E-state index contributed by atoms with van der Waals surface area (Å²) in [5.74, 6) is 0.494. The lowest BCUT2D eigenvalue weighted by Gasteiger charge is -2.14. The predicted molar refractivity (Wildman–Crippen MR) is 112 cm³/mol. The van der Waals surface area contributed by atoms with Crippen LogP contribution in [0.5, 0.6) is 0 Å². The minimum Gasteiger partial charge on any atom is -0.396 e. The SMILES string of the molecule is C=O.CCN(C)C(=O)c1cc(N)c2nc(-c3ccccc3)nn2c1.CN(C)C. The predicted octanol–water partition coefficient (Wildman–Crippen LogP) is 2.06. The molecule has 2 N–H and O–H groups in total. The van der Waals surface area contributed by atoms with Crippen LogP contribution in [-0.4, -0.2) is 71.8 Å². The molecule has 0 aliphatic heterocycles. The van der Waals surface area contributed by atoms with Gasteiger partial charge in [0, 0.05) is 25.4 Å². The number of hydrogen-bond acceptors (Lipinski definition) is 6. The molecule has 0 fully saturated rings. The van der Waals surface area contributed by atoms with Crippen LogP contribution in [0, 0.1) is 0 Å². The molecule has 8 nitrogen and oxygen atoms in total. The maximum Gasteiger partial charge on any atom is 0.255 e. The molecule has 1 amide bonds. The largest absolute Gasteiger partial charge is 0.396 e. The van der Waals surface area contributed by atoms with Crippen LogP contribution in [-0.2, 0) is 4.79 Å². The van der Waals surface area contributed by atoms with E-state index in [1.807, 2.05) is 70.1 Å². The minimum atomic E-state index is -0.0899. The Balaban J connectivity index is 0.000000583. The van der Waals surface area contributed by atoms with E-state index in [1.165, 1.54) is 0 Å². The maximum absolute atomic E-state index is 12.3. The molecular weight excluding hydrogens is 356 g/mol. The summed E-state index contributed by atoms with van der Waals surface area (Å²) in [4.78, 5) is 28.3. The molecule has 0 spiro atoms. The van der Waals surface area contributed by atoms with Gasteiger partial charge in [-0.05, 0) is 34.1 Å². The summed E-state index contributed by atoms with van der Waals surface area (Å²) in [5, 5.41) is 4.43. The van der Waals surface area contributed by atoms with Crippen LogP contribution in [0.4, 0.5) is 5.69 Å². The van der Waals surface area contributed by atoms with Gasteiger partial charge in [0.15, 0.2) is 11.5 Å². The second kappa shape index (κ2) is 10.8. The van der Waals surface area contributed by atoms with E-state index >= 15 is 0 Å². The quantitative estimate of drug-likeness (QED) is 0.742. The first-order valence-electron chi connectivity index (χ1n) is 8.70. The van der Waals surface area contributed by atoms with Crippen LogP contribution in [0.15, 0.2) is 42.6 Å². The molecule has 0 atom stereocenters. The number of hydrogen-bond donors (Lipinski definition) is 1. The van der Waals surface area contributed by atoms with Crippen LogP contribution in [0.2, 0.25) is 0 Å². The van der Waals surface area contributed by atoms with Gasteiger partial charge >= 0.3 is 0 Å². The summed E-state index contributed by atoms with van der Waals surface area (Å²) < 4.78 is 1.56. The Morgan fingerprint density at radius 3 is 2.25 bits per heavy atom. The third kappa shape index (κ3) is 5.88. The van der Waals surface area contributed by atoms with Crippen molar-refractivity contribution in [2.45, 2.75) is 6.92 Å². The number of rotatable bonds is 3. The first-order valence-corrected chi connectivity index (χ1v) is 8.70. The topological polar surface area (TPSA) is 96.8 Å². The molecule has 8 heteroatoms. The molecule has 2 heterocycles. The zero-order valence-corrected chi connectivity index (χ0v) is 17.1. The Labute approximate surface area is 165 Å². The van der Waals surface area contributed by atoms with E-state index in [-0.39, 0.29) is 5.91 Å². The van der Waals surface area contributed by atoms with E-state index < -0.39 is 0 Å². The van der Waals surface area contributed by atoms with Crippen LogP contribution in [0.25, 0.3) is 17.0 Å². The van der Waals surface area contributed by atoms with Gasteiger partial charge in [0.2, 0.25) is 0 Å². The first-order chi connectivity index (χ1) is 13.3.